The molecule has 1 saturated heterocycles. The smallest absolute Gasteiger partial charge is 0.0726 e. The quantitative estimate of drug-likeness (QED) is 0.666. The van der Waals surface area contributed by atoms with E-state index in [9.17, 15) is 0 Å². The highest BCUT2D eigenvalue weighted by molar-refractivity contribution is 4.78. The zero-order valence-electron chi connectivity index (χ0n) is 14.3. The highest BCUT2D eigenvalue weighted by Gasteiger charge is 2.22. The van der Waals surface area contributed by atoms with E-state index < -0.39 is 0 Å². The minimum atomic E-state index is 0.432. The maximum atomic E-state index is 5.75. The fourth-order valence-electron chi connectivity index (χ4n) is 3.26. The van der Waals surface area contributed by atoms with Gasteiger partial charge in [-0.1, -0.05) is 27.7 Å². The molecule has 1 N–H and O–H groups in total. The van der Waals surface area contributed by atoms with Gasteiger partial charge in [-0.2, -0.15) is 0 Å². The Labute approximate surface area is 126 Å². The van der Waals surface area contributed by atoms with Crippen molar-refractivity contribution < 1.29 is 4.74 Å². The van der Waals surface area contributed by atoms with Gasteiger partial charge in [0.1, 0.15) is 0 Å². The van der Waals surface area contributed by atoms with Crippen LogP contribution in [0, 0.1) is 5.92 Å². The molecule has 1 fully saturated rings. The minimum Gasteiger partial charge on any atom is -0.377 e. The van der Waals surface area contributed by atoms with Crippen molar-refractivity contribution in [2.75, 3.05) is 26.2 Å². The van der Waals surface area contributed by atoms with Gasteiger partial charge in [-0.05, 0) is 38.5 Å². The van der Waals surface area contributed by atoms with Crippen molar-refractivity contribution in [1.82, 2.24) is 10.2 Å². The molecular weight excluding hydrogens is 248 g/mol. The van der Waals surface area contributed by atoms with Gasteiger partial charge in [-0.15, -0.1) is 0 Å². The molecule has 0 bridgehead atoms. The predicted octanol–water partition coefficient (Wildman–Crippen LogP) is 3.29. The molecule has 1 heterocycles. The topological polar surface area (TPSA) is 24.5 Å². The molecule has 0 spiro atoms. The molecule has 1 rings (SSSR count). The Morgan fingerprint density at radius 2 is 1.90 bits per heavy atom. The van der Waals surface area contributed by atoms with Crippen molar-refractivity contribution in [3.8, 4) is 0 Å². The van der Waals surface area contributed by atoms with Crippen molar-refractivity contribution in [2.45, 2.75) is 78.5 Å². The van der Waals surface area contributed by atoms with E-state index in [-0.39, 0.29) is 0 Å². The highest BCUT2D eigenvalue weighted by atomic mass is 16.5. The van der Waals surface area contributed by atoms with Crippen LogP contribution in [-0.2, 0) is 4.74 Å². The summed E-state index contributed by atoms with van der Waals surface area (Å²) in [6.45, 7) is 15.9. The lowest BCUT2D eigenvalue weighted by molar-refractivity contribution is 0.0810. The van der Waals surface area contributed by atoms with Crippen molar-refractivity contribution in [3.05, 3.63) is 0 Å². The van der Waals surface area contributed by atoms with Crippen LogP contribution in [-0.4, -0.2) is 49.3 Å². The number of hydrogen-bond donors (Lipinski definition) is 1. The first-order valence-corrected chi connectivity index (χ1v) is 8.67. The molecule has 2 atom stereocenters. The Morgan fingerprint density at radius 1 is 1.20 bits per heavy atom. The predicted molar refractivity (Wildman–Crippen MR) is 87.2 cm³/mol. The monoisotopic (exact) mass is 284 g/mol. The summed E-state index contributed by atoms with van der Waals surface area (Å²) in [5.74, 6) is 0.742. The zero-order valence-corrected chi connectivity index (χ0v) is 14.3. The van der Waals surface area contributed by atoms with E-state index in [0.717, 1.165) is 31.7 Å². The maximum Gasteiger partial charge on any atom is 0.0726 e. The van der Waals surface area contributed by atoms with Crippen molar-refractivity contribution >= 4 is 0 Å². The highest BCUT2D eigenvalue weighted by Crippen LogP contribution is 2.15. The standard InChI is InChI=1S/C17H36N2O/c1-6-16(7-2)19(13-14(3)4)11-10-18-15(5)17-9-8-12-20-17/h14-18H,6-13H2,1-5H3. The Morgan fingerprint density at radius 3 is 2.40 bits per heavy atom. The lowest BCUT2D eigenvalue weighted by atomic mass is 10.1. The largest absolute Gasteiger partial charge is 0.377 e. The summed E-state index contributed by atoms with van der Waals surface area (Å²) >= 11 is 0. The molecule has 0 aromatic carbocycles. The molecule has 0 aliphatic carbocycles. The number of ether oxygens (including phenoxy) is 1. The van der Waals surface area contributed by atoms with E-state index in [2.05, 4.69) is 44.8 Å². The second kappa shape index (κ2) is 9.75. The van der Waals surface area contributed by atoms with E-state index in [1.807, 2.05) is 0 Å². The average Bonchev–Trinajstić information content (AvgIpc) is 2.93. The third-order valence-corrected chi connectivity index (χ3v) is 4.45. The van der Waals surface area contributed by atoms with Gasteiger partial charge in [0.25, 0.3) is 0 Å². The molecule has 3 heteroatoms. The lowest BCUT2D eigenvalue weighted by Gasteiger charge is -2.32. The average molecular weight is 284 g/mol. The molecule has 1 aliphatic heterocycles. The molecule has 20 heavy (non-hydrogen) atoms. The number of nitrogens with zero attached hydrogens (tertiary/aromatic N) is 1. The molecule has 3 nitrogen and oxygen atoms in total. The second-order valence-electron chi connectivity index (χ2n) is 6.65. The maximum absolute atomic E-state index is 5.75. The van der Waals surface area contributed by atoms with Crippen molar-refractivity contribution in [3.63, 3.8) is 0 Å². The third-order valence-electron chi connectivity index (χ3n) is 4.45. The Kier molecular flexibility index (Phi) is 8.74. The van der Waals surface area contributed by atoms with Gasteiger partial charge in [0.15, 0.2) is 0 Å². The van der Waals surface area contributed by atoms with Crippen LogP contribution in [0.4, 0.5) is 0 Å². The second-order valence-corrected chi connectivity index (χ2v) is 6.65. The molecule has 1 aliphatic rings. The Bertz CT molecular complexity index is 235. The number of hydrogen-bond acceptors (Lipinski definition) is 3. The van der Waals surface area contributed by atoms with Crippen LogP contribution in [0.3, 0.4) is 0 Å². The summed E-state index contributed by atoms with van der Waals surface area (Å²) in [5, 5.41) is 3.66. The fraction of sp³-hybridized carbons (Fsp3) is 1.00. The van der Waals surface area contributed by atoms with Crippen LogP contribution in [0.15, 0.2) is 0 Å². The van der Waals surface area contributed by atoms with Gasteiger partial charge in [0, 0.05) is 38.3 Å². The van der Waals surface area contributed by atoms with Crippen molar-refractivity contribution in [1.29, 1.82) is 0 Å². The molecule has 120 valence electrons. The molecular formula is C17H36N2O. The van der Waals surface area contributed by atoms with Crippen LogP contribution in [0.1, 0.15) is 60.3 Å². The molecule has 0 aromatic heterocycles. The summed E-state index contributed by atoms with van der Waals surface area (Å²) in [7, 11) is 0. The molecule has 0 aromatic rings. The first-order chi connectivity index (χ1) is 9.58. The van der Waals surface area contributed by atoms with Gasteiger partial charge in [-0.3, -0.25) is 4.90 Å². The van der Waals surface area contributed by atoms with Gasteiger partial charge in [0.2, 0.25) is 0 Å². The van der Waals surface area contributed by atoms with Gasteiger partial charge in [0.05, 0.1) is 6.10 Å². The summed E-state index contributed by atoms with van der Waals surface area (Å²) in [5.41, 5.74) is 0. The SMILES string of the molecule is CCC(CC)N(CCNC(C)C1CCCO1)CC(C)C. The van der Waals surface area contributed by atoms with Gasteiger partial charge < -0.3 is 10.1 Å². The minimum absolute atomic E-state index is 0.432. The first kappa shape index (κ1) is 17.9. The fourth-order valence-corrected chi connectivity index (χ4v) is 3.26. The molecule has 2 unspecified atom stereocenters. The van der Waals surface area contributed by atoms with Gasteiger partial charge in [-0.25, -0.2) is 0 Å². The number of nitrogens with one attached hydrogen (secondary N) is 1. The van der Waals surface area contributed by atoms with Crippen LogP contribution < -0.4 is 5.32 Å². The van der Waals surface area contributed by atoms with E-state index in [0.29, 0.717) is 12.1 Å². The molecule has 0 saturated carbocycles. The Balaban J connectivity index is 2.33. The van der Waals surface area contributed by atoms with Crippen LogP contribution in [0.25, 0.3) is 0 Å². The normalized spacial score (nSPS) is 21.3. The summed E-state index contributed by atoms with van der Waals surface area (Å²) in [4.78, 5) is 2.67. The lowest BCUT2D eigenvalue weighted by Crippen LogP contribution is -2.45. The van der Waals surface area contributed by atoms with Crippen molar-refractivity contribution in [2.24, 2.45) is 5.92 Å². The van der Waals surface area contributed by atoms with Crippen LogP contribution >= 0.6 is 0 Å². The zero-order chi connectivity index (χ0) is 15.0. The van der Waals surface area contributed by atoms with E-state index in [1.54, 1.807) is 0 Å². The summed E-state index contributed by atoms with van der Waals surface area (Å²) < 4.78 is 5.75. The first-order valence-electron chi connectivity index (χ1n) is 8.67. The molecule has 0 radical (unpaired) electrons. The van der Waals surface area contributed by atoms with E-state index >= 15 is 0 Å². The van der Waals surface area contributed by atoms with E-state index in [1.165, 1.54) is 32.2 Å². The van der Waals surface area contributed by atoms with Crippen LogP contribution in [0.2, 0.25) is 0 Å². The Hall–Kier alpha value is -0.120. The van der Waals surface area contributed by atoms with Gasteiger partial charge >= 0.3 is 0 Å². The number of rotatable bonds is 10. The summed E-state index contributed by atoms with van der Waals surface area (Å²) in [6.07, 6.45) is 5.39. The third kappa shape index (κ3) is 6.11. The molecule has 0 amide bonds. The van der Waals surface area contributed by atoms with E-state index in [4.69, 9.17) is 4.74 Å². The van der Waals surface area contributed by atoms with Crippen LogP contribution in [0.5, 0.6) is 0 Å². The summed E-state index contributed by atoms with van der Waals surface area (Å²) in [6, 6.07) is 1.22.